The third kappa shape index (κ3) is 3.63. The fourth-order valence-corrected chi connectivity index (χ4v) is 3.53. The molecule has 112 valence electrons. The Morgan fingerprint density at radius 2 is 2.15 bits per heavy atom. The number of halogens is 2. The van der Waals surface area contributed by atoms with E-state index in [2.05, 4.69) is 5.32 Å². The van der Waals surface area contributed by atoms with Crippen molar-refractivity contribution in [3.63, 3.8) is 0 Å². The van der Waals surface area contributed by atoms with Crippen molar-refractivity contribution in [2.75, 3.05) is 33.3 Å². The van der Waals surface area contributed by atoms with Crippen LogP contribution in [0.15, 0.2) is 23.1 Å². The summed E-state index contributed by atoms with van der Waals surface area (Å²) < 4.78 is 31.6. The molecule has 1 aliphatic rings. The summed E-state index contributed by atoms with van der Waals surface area (Å²) in [5, 5.41) is 3.71. The van der Waals surface area contributed by atoms with E-state index in [9.17, 15) is 8.42 Å². The predicted molar refractivity (Wildman–Crippen MR) is 78.9 cm³/mol. The summed E-state index contributed by atoms with van der Waals surface area (Å²) in [5.74, 6) is 0. The number of hydrogen-bond acceptors (Lipinski definition) is 4. The molecule has 0 aliphatic carbocycles. The molecule has 1 aromatic carbocycles. The van der Waals surface area contributed by atoms with Crippen molar-refractivity contribution in [1.29, 1.82) is 0 Å². The normalized spacial score (nSPS) is 20.3. The van der Waals surface area contributed by atoms with Crippen molar-refractivity contribution in [2.24, 2.45) is 0 Å². The van der Waals surface area contributed by atoms with E-state index in [1.807, 2.05) is 0 Å². The lowest BCUT2D eigenvalue weighted by atomic mass is 10.3. The minimum Gasteiger partial charge on any atom is -0.374 e. The summed E-state index contributed by atoms with van der Waals surface area (Å²) in [4.78, 5) is 0.123. The number of nitrogens with one attached hydrogen (secondary N) is 1. The van der Waals surface area contributed by atoms with E-state index in [1.54, 1.807) is 0 Å². The number of morpholine rings is 1. The monoisotopic (exact) mass is 338 g/mol. The molecule has 20 heavy (non-hydrogen) atoms. The maximum atomic E-state index is 12.4. The highest BCUT2D eigenvalue weighted by atomic mass is 35.5. The Bertz CT molecular complexity index is 574. The summed E-state index contributed by atoms with van der Waals surface area (Å²) >= 11 is 11.7. The van der Waals surface area contributed by atoms with Gasteiger partial charge in [0.2, 0.25) is 10.0 Å². The van der Waals surface area contributed by atoms with Gasteiger partial charge in [-0.15, -0.1) is 0 Å². The van der Waals surface area contributed by atoms with Gasteiger partial charge in [-0.2, -0.15) is 4.31 Å². The van der Waals surface area contributed by atoms with Crippen molar-refractivity contribution >= 4 is 33.2 Å². The van der Waals surface area contributed by atoms with Crippen LogP contribution in [0.1, 0.15) is 0 Å². The molecule has 0 amide bonds. The zero-order valence-electron chi connectivity index (χ0n) is 11.0. The summed E-state index contributed by atoms with van der Waals surface area (Å²) in [6.45, 7) is 2.31. The van der Waals surface area contributed by atoms with Crippen LogP contribution in [0.2, 0.25) is 10.0 Å². The molecule has 0 aromatic heterocycles. The Balaban J connectivity index is 2.13. The van der Waals surface area contributed by atoms with Gasteiger partial charge >= 0.3 is 0 Å². The summed E-state index contributed by atoms with van der Waals surface area (Å²) in [5.41, 5.74) is 0. The van der Waals surface area contributed by atoms with Crippen molar-refractivity contribution in [3.05, 3.63) is 28.2 Å². The van der Waals surface area contributed by atoms with Crippen LogP contribution in [-0.4, -0.2) is 52.1 Å². The van der Waals surface area contributed by atoms with E-state index in [0.29, 0.717) is 18.2 Å². The van der Waals surface area contributed by atoms with E-state index in [4.69, 9.17) is 27.9 Å². The highest BCUT2D eigenvalue weighted by Crippen LogP contribution is 2.26. The molecule has 1 aromatic rings. The number of likely N-dealkylation sites (N-methyl/N-ethyl adjacent to an activating group) is 1. The van der Waals surface area contributed by atoms with E-state index >= 15 is 0 Å². The topological polar surface area (TPSA) is 58.6 Å². The average Bonchev–Trinajstić information content (AvgIpc) is 2.42. The fourth-order valence-electron chi connectivity index (χ4n) is 1.94. The van der Waals surface area contributed by atoms with Crippen LogP contribution >= 0.6 is 23.2 Å². The maximum absolute atomic E-state index is 12.4. The van der Waals surface area contributed by atoms with Crippen LogP contribution < -0.4 is 5.32 Å². The second-order valence-electron chi connectivity index (χ2n) is 4.56. The molecule has 1 unspecified atom stereocenters. The molecule has 1 N–H and O–H groups in total. The molecule has 1 saturated heterocycles. The Morgan fingerprint density at radius 1 is 1.40 bits per heavy atom. The van der Waals surface area contributed by atoms with Crippen LogP contribution in [0.3, 0.4) is 0 Å². The number of rotatable bonds is 4. The summed E-state index contributed by atoms with van der Waals surface area (Å²) in [6, 6.07) is 4.28. The first-order chi connectivity index (χ1) is 9.41. The summed E-state index contributed by atoms with van der Waals surface area (Å²) in [6.07, 6.45) is -0.147. The van der Waals surface area contributed by atoms with Gasteiger partial charge in [-0.3, -0.25) is 0 Å². The van der Waals surface area contributed by atoms with Crippen LogP contribution in [0.25, 0.3) is 0 Å². The minimum absolute atomic E-state index is 0.123. The van der Waals surface area contributed by atoms with Gasteiger partial charge < -0.3 is 10.1 Å². The molecular weight excluding hydrogens is 323 g/mol. The van der Waals surface area contributed by atoms with Crippen LogP contribution in [0.4, 0.5) is 0 Å². The first-order valence-corrected chi connectivity index (χ1v) is 8.34. The molecule has 0 radical (unpaired) electrons. The SMILES string of the molecule is CN(CC1CNCCO1)S(=O)(=O)c1ccc(Cl)c(Cl)c1. The molecule has 8 heteroatoms. The molecule has 1 heterocycles. The molecule has 1 aliphatic heterocycles. The smallest absolute Gasteiger partial charge is 0.242 e. The predicted octanol–water partition coefficient (Wildman–Crippen LogP) is 1.60. The second kappa shape index (κ2) is 6.60. The third-order valence-corrected chi connectivity index (χ3v) is 5.62. The Labute approximate surface area is 128 Å². The first-order valence-electron chi connectivity index (χ1n) is 6.15. The quantitative estimate of drug-likeness (QED) is 0.905. The lowest BCUT2D eigenvalue weighted by molar-refractivity contribution is 0.0206. The first kappa shape index (κ1) is 16.0. The number of sulfonamides is 1. The average molecular weight is 339 g/mol. The fraction of sp³-hybridized carbons (Fsp3) is 0.500. The zero-order chi connectivity index (χ0) is 14.8. The molecule has 1 fully saturated rings. The molecule has 0 bridgehead atoms. The van der Waals surface area contributed by atoms with Crippen LogP contribution in [0, 0.1) is 0 Å². The molecule has 5 nitrogen and oxygen atoms in total. The lowest BCUT2D eigenvalue weighted by Crippen LogP contribution is -2.45. The van der Waals surface area contributed by atoms with Gasteiger partial charge in [0.1, 0.15) is 0 Å². The van der Waals surface area contributed by atoms with E-state index < -0.39 is 10.0 Å². The molecule has 0 spiro atoms. The van der Waals surface area contributed by atoms with Crippen LogP contribution in [-0.2, 0) is 14.8 Å². The molecular formula is C12H16Cl2N2O3S. The highest BCUT2D eigenvalue weighted by molar-refractivity contribution is 7.89. The minimum atomic E-state index is -3.60. The second-order valence-corrected chi connectivity index (χ2v) is 7.42. The maximum Gasteiger partial charge on any atom is 0.242 e. The number of hydrogen-bond donors (Lipinski definition) is 1. The molecule has 2 rings (SSSR count). The zero-order valence-corrected chi connectivity index (χ0v) is 13.3. The van der Waals surface area contributed by atoms with Gasteiger partial charge in [0, 0.05) is 26.7 Å². The highest BCUT2D eigenvalue weighted by Gasteiger charge is 2.25. The van der Waals surface area contributed by atoms with Crippen molar-refractivity contribution in [2.45, 2.75) is 11.0 Å². The lowest BCUT2D eigenvalue weighted by Gasteiger charge is -2.27. The number of benzene rings is 1. The van der Waals surface area contributed by atoms with E-state index in [0.717, 1.165) is 6.54 Å². The van der Waals surface area contributed by atoms with Gasteiger partial charge in [0.15, 0.2) is 0 Å². The number of nitrogens with zero attached hydrogens (tertiary/aromatic N) is 1. The van der Waals surface area contributed by atoms with Gasteiger partial charge in [-0.05, 0) is 18.2 Å². The largest absolute Gasteiger partial charge is 0.374 e. The van der Waals surface area contributed by atoms with Crippen molar-refractivity contribution < 1.29 is 13.2 Å². The van der Waals surface area contributed by atoms with Gasteiger partial charge in [-0.1, -0.05) is 23.2 Å². The Kier molecular flexibility index (Phi) is 5.28. The van der Waals surface area contributed by atoms with E-state index in [-0.39, 0.29) is 22.6 Å². The number of ether oxygens (including phenoxy) is 1. The third-order valence-electron chi connectivity index (χ3n) is 3.06. The molecule has 1 atom stereocenters. The van der Waals surface area contributed by atoms with Crippen molar-refractivity contribution in [1.82, 2.24) is 9.62 Å². The standard InChI is InChI=1S/C12H16Cl2N2O3S/c1-16(8-9-7-15-4-5-19-9)20(17,18)10-2-3-11(13)12(14)6-10/h2-3,6,9,15H,4-5,7-8H2,1H3. The van der Waals surface area contributed by atoms with Crippen molar-refractivity contribution in [3.8, 4) is 0 Å². The van der Waals surface area contributed by atoms with Gasteiger partial charge in [-0.25, -0.2) is 8.42 Å². The van der Waals surface area contributed by atoms with Gasteiger partial charge in [0.25, 0.3) is 0 Å². The Morgan fingerprint density at radius 3 is 2.75 bits per heavy atom. The Hall–Kier alpha value is -0.370. The molecule has 0 saturated carbocycles. The van der Waals surface area contributed by atoms with E-state index in [1.165, 1.54) is 29.6 Å². The summed E-state index contributed by atoms with van der Waals surface area (Å²) in [7, 11) is -2.07. The van der Waals surface area contributed by atoms with Crippen LogP contribution in [0.5, 0.6) is 0 Å². The van der Waals surface area contributed by atoms with Gasteiger partial charge in [0.05, 0.1) is 27.7 Å².